The van der Waals surface area contributed by atoms with E-state index in [0.717, 1.165) is 6.66 Å². The van der Waals surface area contributed by atoms with E-state index in [1.807, 2.05) is 0 Å². The Morgan fingerprint density at radius 2 is 2.09 bits per heavy atom. The molecule has 0 N–H and O–H groups in total. The Balaban J connectivity index is 0. The standard InChI is InChI=1S/C5H12O4P.W/c1-8-4-3-5-9-10(2,6)7;/h1,3-5H2,2H3,(H,6,7);/q-1;/p-1. The number of hydrogen-bond acceptors (Lipinski definition) is 4. The molecular weight excluding hydrogens is 339 g/mol. The van der Waals surface area contributed by atoms with E-state index in [1.165, 1.54) is 0 Å². The second-order valence-corrected chi connectivity index (χ2v) is 3.67. The fourth-order valence-corrected chi connectivity index (χ4v) is 0.852. The molecule has 1 atom stereocenters. The van der Waals surface area contributed by atoms with Gasteiger partial charge in [-0.05, 0) is 6.42 Å². The molecule has 0 aliphatic rings. The van der Waals surface area contributed by atoms with Crippen molar-refractivity contribution in [2.75, 3.05) is 19.9 Å². The van der Waals surface area contributed by atoms with Crippen LogP contribution in [0.5, 0.6) is 0 Å². The fourth-order valence-electron chi connectivity index (χ4n) is 0.391. The Hall–Kier alpha value is 0.798. The van der Waals surface area contributed by atoms with Gasteiger partial charge in [-0.3, -0.25) is 0 Å². The summed E-state index contributed by atoms with van der Waals surface area (Å²) < 4.78 is 19.2. The first-order valence-corrected chi connectivity index (χ1v) is 4.85. The van der Waals surface area contributed by atoms with Gasteiger partial charge in [0, 0.05) is 34.3 Å². The van der Waals surface area contributed by atoms with Crippen LogP contribution < -0.4 is 4.89 Å². The first-order chi connectivity index (χ1) is 4.56. The van der Waals surface area contributed by atoms with Gasteiger partial charge in [0.1, 0.15) is 7.60 Å². The molecule has 0 aliphatic heterocycles. The van der Waals surface area contributed by atoms with Gasteiger partial charge in [0.2, 0.25) is 0 Å². The molecule has 0 bridgehead atoms. The van der Waals surface area contributed by atoms with Crippen molar-refractivity contribution < 1.29 is 39.8 Å². The molecule has 0 fully saturated rings. The van der Waals surface area contributed by atoms with Crippen LogP contribution in [0.4, 0.5) is 0 Å². The van der Waals surface area contributed by atoms with Gasteiger partial charge in [0.15, 0.2) is 0 Å². The van der Waals surface area contributed by atoms with Gasteiger partial charge in [-0.25, -0.2) is 7.11 Å². The smallest absolute Gasteiger partial charge is 0.131 e. The zero-order chi connectivity index (χ0) is 8.04. The van der Waals surface area contributed by atoms with E-state index < -0.39 is 7.60 Å². The molecule has 4 nitrogen and oxygen atoms in total. The molecule has 0 heterocycles. The summed E-state index contributed by atoms with van der Waals surface area (Å²) in [6.45, 7) is 1.63. The molecule has 0 saturated carbocycles. The molecule has 0 spiro atoms. The van der Waals surface area contributed by atoms with Gasteiger partial charge >= 0.3 is 0 Å². The number of hydrogen-bond donors (Lipinski definition) is 0. The maximum Gasteiger partial charge on any atom is 0.131 e. The van der Waals surface area contributed by atoms with Crippen LogP contribution >= 0.6 is 7.60 Å². The number of rotatable bonds is 5. The Kier molecular flexibility index (Phi) is 9.70. The monoisotopic (exact) mass is 350 g/mol. The molecule has 6 heteroatoms. The van der Waals surface area contributed by atoms with Crippen LogP contribution in [0.2, 0.25) is 0 Å². The minimum absolute atomic E-state index is 0. The van der Waals surface area contributed by atoms with Gasteiger partial charge in [0.25, 0.3) is 0 Å². The van der Waals surface area contributed by atoms with Crippen LogP contribution in [-0.4, -0.2) is 19.9 Å². The van der Waals surface area contributed by atoms with E-state index in [2.05, 4.69) is 16.4 Å². The summed E-state index contributed by atoms with van der Waals surface area (Å²) in [7, 11) is -0.415. The first kappa shape index (κ1) is 14.3. The second-order valence-electron chi connectivity index (χ2n) is 1.87. The van der Waals surface area contributed by atoms with Crippen LogP contribution in [0, 0.1) is 7.11 Å². The molecule has 11 heavy (non-hydrogen) atoms. The third-order valence-electron chi connectivity index (χ3n) is 0.759. The largest absolute Gasteiger partial charge is 0.779 e. The topological polar surface area (TPSA) is 58.6 Å². The summed E-state index contributed by atoms with van der Waals surface area (Å²) in [5, 5.41) is 0. The molecule has 1 unspecified atom stereocenters. The maximum absolute atomic E-state index is 10.3. The van der Waals surface area contributed by atoms with Crippen LogP contribution in [-0.2, 0) is 34.9 Å². The molecule has 0 saturated heterocycles. The average Bonchev–Trinajstić information content (AvgIpc) is 1.78. The summed E-state index contributed by atoms with van der Waals surface area (Å²) in [5.41, 5.74) is 0. The predicted molar refractivity (Wildman–Crippen MR) is 35.4 cm³/mol. The average molecular weight is 350 g/mol. The van der Waals surface area contributed by atoms with Crippen molar-refractivity contribution in [2.45, 2.75) is 6.42 Å². The SMILES string of the molecule is [CH2-]OCCCOP(C)(=O)[O-].[W]. The van der Waals surface area contributed by atoms with Crippen molar-refractivity contribution in [3.8, 4) is 0 Å². The minimum Gasteiger partial charge on any atom is -0.779 e. The number of ether oxygens (including phenoxy) is 1. The third-order valence-corrected chi connectivity index (χ3v) is 1.41. The van der Waals surface area contributed by atoms with E-state index in [0.29, 0.717) is 13.0 Å². The Bertz CT molecular complexity index is 124. The Morgan fingerprint density at radius 3 is 2.45 bits per heavy atom. The Labute approximate surface area is 81.1 Å². The van der Waals surface area contributed by atoms with Gasteiger partial charge in [-0.2, -0.15) is 0 Å². The van der Waals surface area contributed by atoms with Crippen molar-refractivity contribution in [1.82, 2.24) is 0 Å². The van der Waals surface area contributed by atoms with E-state index in [-0.39, 0.29) is 27.7 Å². The maximum atomic E-state index is 10.3. The quantitative estimate of drug-likeness (QED) is 0.409. The third kappa shape index (κ3) is 13.7. The van der Waals surface area contributed by atoms with Crippen molar-refractivity contribution in [3.05, 3.63) is 7.11 Å². The van der Waals surface area contributed by atoms with Crippen LogP contribution in [0.25, 0.3) is 0 Å². The van der Waals surface area contributed by atoms with Crippen LogP contribution in [0.15, 0.2) is 0 Å². The molecule has 0 radical (unpaired) electrons. The van der Waals surface area contributed by atoms with E-state index in [9.17, 15) is 9.46 Å². The summed E-state index contributed by atoms with van der Waals surface area (Å²) >= 11 is 0. The summed E-state index contributed by atoms with van der Waals surface area (Å²) in [4.78, 5) is 10.3. The van der Waals surface area contributed by atoms with Crippen molar-refractivity contribution >= 4 is 7.60 Å². The van der Waals surface area contributed by atoms with Crippen molar-refractivity contribution in [3.63, 3.8) is 0 Å². The first-order valence-electron chi connectivity index (χ1n) is 2.86. The molecule has 0 aromatic heterocycles. The summed E-state index contributed by atoms with van der Waals surface area (Å²) in [6.07, 6.45) is 0.545. The normalized spacial score (nSPS) is 15.2. The molecule has 0 aromatic rings. The Morgan fingerprint density at radius 1 is 1.55 bits per heavy atom. The molecule has 0 aliphatic carbocycles. The van der Waals surface area contributed by atoms with E-state index in [1.54, 1.807) is 0 Å². The second kappa shape index (κ2) is 7.45. The zero-order valence-corrected chi connectivity index (χ0v) is 10.1. The van der Waals surface area contributed by atoms with Gasteiger partial charge in [0.05, 0.1) is 6.61 Å². The van der Waals surface area contributed by atoms with E-state index in [4.69, 9.17) is 0 Å². The molecular formula is C5H11O4PW-2. The van der Waals surface area contributed by atoms with Gasteiger partial charge in [-0.1, -0.05) is 0 Å². The zero-order valence-electron chi connectivity index (χ0n) is 6.32. The van der Waals surface area contributed by atoms with Crippen molar-refractivity contribution in [2.24, 2.45) is 0 Å². The fraction of sp³-hybridized carbons (Fsp3) is 0.800. The van der Waals surface area contributed by atoms with Crippen LogP contribution in [0.1, 0.15) is 6.42 Å². The molecule has 0 rings (SSSR count). The van der Waals surface area contributed by atoms with E-state index >= 15 is 0 Å². The van der Waals surface area contributed by atoms with Gasteiger partial charge in [-0.15, -0.1) is 0 Å². The minimum atomic E-state index is -3.53. The molecule has 0 aromatic carbocycles. The van der Waals surface area contributed by atoms with Crippen molar-refractivity contribution in [1.29, 1.82) is 0 Å². The van der Waals surface area contributed by atoms with Gasteiger partial charge < -0.3 is 18.7 Å². The predicted octanol–water partition coefficient (Wildman–Crippen LogP) is 0.382. The molecule has 68 valence electrons. The molecule has 0 amide bonds. The summed E-state index contributed by atoms with van der Waals surface area (Å²) in [5.74, 6) is 0. The summed E-state index contributed by atoms with van der Waals surface area (Å²) in [6, 6.07) is 0. The van der Waals surface area contributed by atoms with Crippen LogP contribution in [0.3, 0.4) is 0 Å².